The van der Waals surface area contributed by atoms with Gasteiger partial charge in [0.15, 0.2) is 5.76 Å². The molecule has 1 N–H and O–H groups in total. The van der Waals surface area contributed by atoms with E-state index >= 15 is 0 Å². The van der Waals surface area contributed by atoms with E-state index in [2.05, 4.69) is 15.5 Å². The van der Waals surface area contributed by atoms with Gasteiger partial charge in [-0.3, -0.25) is 9.78 Å². The highest BCUT2D eigenvalue weighted by atomic mass is 16.5. The van der Waals surface area contributed by atoms with Crippen LogP contribution in [0.25, 0.3) is 11.3 Å². The maximum Gasteiger partial charge on any atom is 0.257 e. The van der Waals surface area contributed by atoms with E-state index in [1.54, 1.807) is 6.20 Å². The van der Waals surface area contributed by atoms with Crippen molar-refractivity contribution in [3.63, 3.8) is 0 Å². The number of aryl methyl sites for hydroxylation is 1. The number of carbonyl (C=O) groups is 1. The monoisotopic (exact) mass is 321 g/mol. The number of amides is 1. The van der Waals surface area contributed by atoms with Crippen LogP contribution in [0.1, 0.15) is 41.0 Å². The Kier molecular flexibility index (Phi) is 4.70. The average Bonchev–Trinajstić information content (AvgIpc) is 3.11. The van der Waals surface area contributed by atoms with E-state index in [9.17, 15) is 4.79 Å². The number of nitrogens with zero attached hydrogens (tertiary/aromatic N) is 2. The maximum atomic E-state index is 12.7. The van der Waals surface area contributed by atoms with Gasteiger partial charge in [0.2, 0.25) is 0 Å². The predicted octanol–water partition coefficient (Wildman–Crippen LogP) is 3.93. The van der Waals surface area contributed by atoms with Gasteiger partial charge in [-0.15, -0.1) is 0 Å². The molecule has 24 heavy (non-hydrogen) atoms. The quantitative estimate of drug-likeness (QED) is 0.773. The normalized spacial score (nSPS) is 11.9. The SMILES string of the molecule is CC[C@@H](NC(=O)c1cnoc1-c1ccccc1)c1ncccc1C. The molecular formula is C19H19N3O2. The minimum absolute atomic E-state index is 0.155. The van der Waals surface area contributed by atoms with Crippen LogP contribution in [-0.4, -0.2) is 16.0 Å². The molecule has 2 aromatic heterocycles. The first-order valence-corrected chi connectivity index (χ1v) is 7.93. The third-order valence-electron chi connectivity index (χ3n) is 3.94. The minimum Gasteiger partial charge on any atom is -0.355 e. The highest BCUT2D eigenvalue weighted by Gasteiger charge is 2.22. The molecule has 5 heteroatoms. The van der Waals surface area contributed by atoms with Gasteiger partial charge in [-0.1, -0.05) is 48.5 Å². The van der Waals surface area contributed by atoms with Gasteiger partial charge in [0.25, 0.3) is 5.91 Å². The molecule has 0 radical (unpaired) electrons. The molecule has 0 aliphatic heterocycles. The van der Waals surface area contributed by atoms with E-state index in [0.717, 1.165) is 23.2 Å². The van der Waals surface area contributed by atoms with Crippen molar-refractivity contribution in [1.29, 1.82) is 0 Å². The fourth-order valence-electron chi connectivity index (χ4n) is 2.66. The Morgan fingerprint density at radius 1 is 1.21 bits per heavy atom. The Labute approximate surface area is 140 Å². The summed E-state index contributed by atoms with van der Waals surface area (Å²) in [6, 6.07) is 13.2. The van der Waals surface area contributed by atoms with Crippen LogP contribution in [0.5, 0.6) is 0 Å². The first kappa shape index (κ1) is 15.9. The largest absolute Gasteiger partial charge is 0.355 e. The Balaban J connectivity index is 1.86. The van der Waals surface area contributed by atoms with Crippen LogP contribution in [0, 0.1) is 6.92 Å². The number of nitrogens with one attached hydrogen (secondary N) is 1. The second-order valence-electron chi connectivity index (χ2n) is 5.57. The summed E-state index contributed by atoms with van der Waals surface area (Å²) in [5.41, 5.74) is 3.18. The van der Waals surface area contributed by atoms with Crippen LogP contribution in [0.4, 0.5) is 0 Å². The number of hydrogen-bond acceptors (Lipinski definition) is 4. The molecule has 0 aliphatic carbocycles. The molecule has 5 nitrogen and oxygen atoms in total. The lowest BCUT2D eigenvalue weighted by molar-refractivity contribution is 0.0935. The Morgan fingerprint density at radius 3 is 2.71 bits per heavy atom. The summed E-state index contributed by atoms with van der Waals surface area (Å²) in [7, 11) is 0. The predicted molar refractivity (Wildman–Crippen MR) is 91.4 cm³/mol. The molecule has 3 aromatic rings. The van der Waals surface area contributed by atoms with Gasteiger partial charge in [0.05, 0.1) is 17.9 Å². The molecule has 2 heterocycles. The van der Waals surface area contributed by atoms with Crippen molar-refractivity contribution in [2.75, 3.05) is 0 Å². The van der Waals surface area contributed by atoms with Gasteiger partial charge < -0.3 is 9.84 Å². The van der Waals surface area contributed by atoms with Crippen molar-refractivity contribution in [2.45, 2.75) is 26.3 Å². The molecule has 1 aromatic carbocycles. The van der Waals surface area contributed by atoms with Crippen LogP contribution in [0.15, 0.2) is 59.4 Å². The van der Waals surface area contributed by atoms with Gasteiger partial charge in [0, 0.05) is 11.8 Å². The lowest BCUT2D eigenvalue weighted by atomic mass is 10.0. The molecule has 0 saturated carbocycles. The number of aromatic nitrogens is 2. The third-order valence-corrected chi connectivity index (χ3v) is 3.94. The van der Waals surface area contributed by atoms with Crippen LogP contribution < -0.4 is 5.32 Å². The highest BCUT2D eigenvalue weighted by Crippen LogP contribution is 2.25. The summed E-state index contributed by atoms with van der Waals surface area (Å²) in [4.78, 5) is 17.1. The molecule has 0 aliphatic rings. The van der Waals surface area contributed by atoms with Crippen molar-refractivity contribution in [3.8, 4) is 11.3 Å². The van der Waals surface area contributed by atoms with E-state index in [4.69, 9.17) is 4.52 Å². The third kappa shape index (κ3) is 3.20. The summed E-state index contributed by atoms with van der Waals surface area (Å²) >= 11 is 0. The van der Waals surface area contributed by atoms with E-state index in [0.29, 0.717) is 11.3 Å². The molecular weight excluding hydrogens is 302 g/mol. The smallest absolute Gasteiger partial charge is 0.257 e. The molecule has 0 fully saturated rings. The van der Waals surface area contributed by atoms with Crippen molar-refractivity contribution >= 4 is 5.91 Å². The second kappa shape index (κ2) is 7.08. The summed E-state index contributed by atoms with van der Waals surface area (Å²) in [6.45, 7) is 4.01. The Bertz CT molecular complexity index is 827. The molecule has 1 atom stereocenters. The van der Waals surface area contributed by atoms with Gasteiger partial charge in [0.1, 0.15) is 5.56 Å². The average molecular weight is 321 g/mol. The Hall–Kier alpha value is -2.95. The van der Waals surface area contributed by atoms with E-state index in [-0.39, 0.29) is 11.9 Å². The summed E-state index contributed by atoms with van der Waals surface area (Å²) in [5.74, 6) is 0.257. The van der Waals surface area contributed by atoms with E-state index < -0.39 is 0 Å². The second-order valence-corrected chi connectivity index (χ2v) is 5.57. The molecule has 3 rings (SSSR count). The number of carbonyl (C=O) groups excluding carboxylic acids is 1. The number of benzene rings is 1. The van der Waals surface area contributed by atoms with Crippen molar-refractivity contribution in [1.82, 2.24) is 15.5 Å². The molecule has 0 spiro atoms. The molecule has 1 amide bonds. The Morgan fingerprint density at radius 2 is 2.00 bits per heavy atom. The lowest BCUT2D eigenvalue weighted by Gasteiger charge is -2.18. The van der Waals surface area contributed by atoms with Crippen LogP contribution in [0.2, 0.25) is 0 Å². The van der Waals surface area contributed by atoms with E-state index in [1.807, 2.05) is 56.3 Å². The van der Waals surface area contributed by atoms with Crippen LogP contribution in [0.3, 0.4) is 0 Å². The fraction of sp³-hybridized carbons (Fsp3) is 0.211. The van der Waals surface area contributed by atoms with Gasteiger partial charge in [-0.25, -0.2) is 0 Å². The summed E-state index contributed by atoms with van der Waals surface area (Å²) < 4.78 is 5.29. The van der Waals surface area contributed by atoms with Crippen molar-refractivity contribution in [3.05, 3.63) is 71.7 Å². The standard InChI is InChI=1S/C19H19N3O2/c1-3-16(17-13(2)8-7-11-20-17)22-19(23)15-12-21-24-18(15)14-9-5-4-6-10-14/h4-12,16H,3H2,1-2H3,(H,22,23)/t16-/m1/s1. The van der Waals surface area contributed by atoms with Crippen molar-refractivity contribution in [2.24, 2.45) is 0 Å². The number of rotatable bonds is 5. The topological polar surface area (TPSA) is 68.0 Å². The highest BCUT2D eigenvalue weighted by molar-refractivity contribution is 5.99. The fourth-order valence-corrected chi connectivity index (χ4v) is 2.66. The summed E-state index contributed by atoms with van der Waals surface area (Å²) in [5, 5.41) is 6.83. The van der Waals surface area contributed by atoms with Crippen LogP contribution >= 0.6 is 0 Å². The summed E-state index contributed by atoms with van der Waals surface area (Å²) in [6.07, 6.45) is 3.94. The zero-order valence-electron chi connectivity index (χ0n) is 13.7. The maximum absolute atomic E-state index is 12.7. The zero-order chi connectivity index (χ0) is 16.9. The number of hydrogen-bond donors (Lipinski definition) is 1. The molecule has 0 unspecified atom stereocenters. The van der Waals surface area contributed by atoms with Crippen molar-refractivity contribution < 1.29 is 9.32 Å². The first-order valence-electron chi connectivity index (χ1n) is 7.93. The lowest BCUT2D eigenvalue weighted by Crippen LogP contribution is -2.29. The number of pyridine rings is 1. The van der Waals surface area contributed by atoms with Crippen LogP contribution in [-0.2, 0) is 0 Å². The van der Waals surface area contributed by atoms with Gasteiger partial charge in [-0.05, 0) is 25.0 Å². The molecule has 122 valence electrons. The zero-order valence-corrected chi connectivity index (χ0v) is 13.7. The van der Waals surface area contributed by atoms with Gasteiger partial charge in [-0.2, -0.15) is 0 Å². The van der Waals surface area contributed by atoms with Gasteiger partial charge >= 0.3 is 0 Å². The minimum atomic E-state index is -0.216. The van der Waals surface area contributed by atoms with E-state index in [1.165, 1.54) is 6.20 Å². The molecule has 0 saturated heterocycles. The first-order chi connectivity index (χ1) is 11.7. The molecule has 0 bridgehead atoms.